The Kier molecular flexibility index (Phi) is 3.44. The molecule has 0 aromatic heterocycles. The Labute approximate surface area is 117 Å². The molecule has 1 N–H and O–H groups in total. The molecule has 5 nitrogen and oxygen atoms in total. The van der Waals surface area contributed by atoms with Gasteiger partial charge < -0.3 is 9.84 Å². The Hall–Kier alpha value is -1.88. The summed E-state index contributed by atoms with van der Waals surface area (Å²) in [5.41, 5.74) is 2.93. The van der Waals surface area contributed by atoms with Gasteiger partial charge in [0, 0.05) is 18.5 Å². The second kappa shape index (κ2) is 5.25. The molecule has 5 heteroatoms. The third-order valence-electron chi connectivity index (χ3n) is 3.87. The number of hydrogen-bond acceptors (Lipinski definition) is 4. The minimum absolute atomic E-state index is 0.175. The van der Waals surface area contributed by atoms with E-state index < -0.39 is 12.2 Å². The number of cyclic esters (lactones) is 1. The van der Waals surface area contributed by atoms with Gasteiger partial charge >= 0.3 is 6.09 Å². The number of carbonyl (C=O) groups excluding carboxylic acids is 2. The zero-order valence-corrected chi connectivity index (χ0v) is 11.2. The molecule has 20 heavy (non-hydrogen) atoms. The summed E-state index contributed by atoms with van der Waals surface area (Å²) in [4.78, 5) is 25.0. The van der Waals surface area contributed by atoms with Gasteiger partial charge in [0.15, 0.2) is 0 Å². The largest absolute Gasteiger partial charge is 0.441 e. The number of hydrogen-bond donors (Lipinski definition) is 1. The predicted octanol–water partition coefficient (Wildman–Crippen LogP) is 1.45. The minimum Gasteiger partial charge on any atom is -0.441 e. The topological polar surface area (TPSA) is 66.8 Å². The third-order valence-corrected chi connectivity index (χ3v) is 3.87. The molecule has 106 valence electrons. The number of Topliss-reactive ketones (excluding diaryl/α,β-unsaturated/α-hetero) is 1. The number of ketones is 1. The second-order valence-electron chi connectivity index (χ2n) is 5.32. The lowest BCUT2D eigenvalue weighted by Gasteiger charge is -2.15. The predicted molar refractivity (Wildman–Crippen MR) is 72.8 cm³/mol. The summed E-state index contributed by atoms with van der Waals surface area (Å²) in [6.45, 7) is 0.174. The maximum atomic E-state index is 11.8. The van der Waals surface area contributed by atoms with E-state index in [1.165, 1.54) is 10.5 Å². The number of rotatable bonds is 2. The summed E-state index contributed by atoms with van der Waals surface area (Å²) in [5.74, 6) is 0.248. The van der Waals surface area contributed by atoms with Crippen LogP contribution in [0.2, 0.25) is 0 Å². The quantitative estimate of drug-likeness (QED) is 0.830. The zero-order valence-electron chi connectivity index (χ0n) is 11.2. The molecule has 0 bridgehead atoms. The van der Waals surface area contributed by atoms with Gasteiger partial charge in [-0.25, -0.2) is 4.79 Å². The molecule has 1 aliphatic heterocycles. The summed E-state index contributed by atoms with van der Waals surface area (Å²) in [6, 6.07) is 5.78. The highest BCUT2D eigenvalue weighted by atomic mass is 16.6. The summed E-state index contributed by atoms with van der Waals surface area (Å²) in [6.07, 6.45) is 1.96. The Morgan fingerprint density at radius 3 is 2.85 bits per heavy atom. The highest BCUT2D eigenvalue weighted by Crippen LogP contribution is 2.27. The number of aryl methyl sites for hydroxylation is 1. The molecule has 2 aliphatic rings. The molecular formula is C15H17NO4. The second-order valence-corrected chi connectivity index (χ2v) is 5.32. The van der Waals surface area contributed by atoms with Gasteiger partial charge in [-0.2, -0.15) is 0 Å². The van der Waals surface area contributed by atoms with Gasteiger partial charge in [0.05, 0.1) is 13.2 Å². The maximum absolute atomic E-state index is 11.8. The first-order chi connectivity index (χ1) is 9.67. The van der Waals surface area contributed by atoms with E-state index in [-0.39, 0.29) is 12.4 Å². The molecule has 3 rings (SSSR count). The van der Waals surface area contributed by atoms with Gasteiger partial charge in [0.2, 0.25) is 0 Å². The van der Waals surface area contributed by atoms with Crippen LogP contribution < -0.4 is 4.90 Å². The van der Waals surface area contributed by atoms with Crippen molar-refractivity contribution in [3.63, 3.8) is 0 Å². The number of carbonyl (C=O) groups is 2. The summed E-state index contributed by atoms with van der Waals surface area (Å²) in [7, 11) is 0. The number of nitrogens with zero attached hydrogens (tertiary/aromatic N) is 1. The van der Waals surface area contributed by atoms with Gasteiger partial charge in [-0.1, -0.05) is 6.07 Å². The molecule has 1 aromatic rings. The monoisotopic (exact) mass is 275 g/mol. The zero-order chi connectivity index (χ0) is 14.1. The molecule has 1 aromatic carbocycles. The first-order valence-corrected chi connectivity index (χ1v) is 6.90. The van der Waals surface area contributed by atoms with Crippen molar-refractivity contribution >= 4 is 17.6 Å². The number of aliphatic hydroxyl groups is 1. The van der Waals surface area contributed by atoms with Crippen molar-refractivity contribution < 1.29 is 19.4 Å². The van der Waals surface area contributed by atoms with Crippen LogP contribution in [0.25, 0.3) is 0 Å². The van der Waals surface area contributed by atoms with E-state index in [0.717, 1.165) is 24.1 Å². The number of ether oxygens (including phenoxy) is 1. The minimum atomic E-state index is -0.469. The van der Waals surface area contributed by atoms with E-state index in [4.69, 9.17) is 9.84 Å². The molecule has 0 saturated carbocycles. The SMILES string of the molecule is O=C1CCCc2ccc(N3C[C@H](CO)OC3=O)cc2C1. The van der Waals surface area contributed by atoms with Crippen LogP contribution in [0, 0.1) is 0 Å². The highest BCUT2D eigenvalue weighted by molar-refractivity contribution is 5.90. The van der Waals surface area contributed by atoms with Gasteiger partial charge in [0.25, 0.3) is 0 Å². The first kappa shape index (κ1) is 13.1. The van der Waals surface area contributed by atoms with E-state index in [1.807, 2.05) is 18.2 Å². The molecule has 1 heterocycles. The van der Waals surface area contributed by atoms with Crippen LogP contribution in [0.5, 0.6) is 0 Å². The van der Waals surface area contributed by atoms with Gasteiger partial charge in [0.1, 0.15) is 11.9 Å². The molecule has 0 spiro atoms. The van der Waals surface area contributed by atoms with Crippen molar-refractivity contribution in [2.24, 2.45) is 0 Å². The van der Waals surface area contributed by atoms with Crippen molar-refractivity contribution in [3.05, 3.63) is 29.3 Å². The normalized spacial score (nSPS) is 22.4. The standard InChI is InChI=1S/C15H17NO4/c17-9-14-8-16(15(19)20-14)12-5-4-10-2-1-3-13(18)7-11(10)6-12/h4-6,14,17H,1-3,7-9H2/t14-/m1/s1. The fraction of sp³-hybridized carbons (Fsp3) is 0.467. The van der Waals surface area contributed by atoms with Gasteiger partial charge in [-0.05, 0) is 36.1 Å². The van der Waals surface area contributed by atoms with Crippen LogP contribution >= 0.6 is 0 Å². The maximum Gasteiger partial charge on any atom is 0.414 e. The molecule has 1 saturated heterocycles. The van der Waals surface area contributed by atoms with Crippen LogP contribution in [0.1, 0.15) is 24.0 Å². The number of aliphatic hydroxyl groups excluding tert-OH is 1. The molecule has 0 unspecified atom stereocenters. The average Bonchev–Trinajstić information content (AvgIpc) is 2.71. The molecule has 1 atom stereocenters. The smallest absolute Gasteiger partial charge is 0.414 e. The number of amides is 1. The molecule has 0 radical (unpaired) electrons. The summed E-state index contributed by atoms with van der Waals surface area (Å²) < 4.78 is 5.04. The van der Waals surface area contributed by atoms with Gasteiger partial charge in [-0.3, -0.25) is 9.69 Å². The van der Waals surface area contributed by atoms with Gasteiger partial charge in [-0.15, -0.1) is 0 Å². The van der Waals surface area contributed by atoms with Crippen molar-refractivity contribution in [1.82, 2.24) is 0 Å². The van der Waals surface area contributed by atoms with E-state index in [9.17, 15) is 9.59 Å². The van der Waals surface area contributed by atoms with Crippen molar-refractivity contribution in [2.45, 2.75) is 31.8 Å². The van der Waals surface area contributed by atoms with E-state index >= 15 is 0 Å². The van der Waals surface area contributed by atoms with Crippen molar-refractivity contribution in [2.75, 3.05) is 18.1 Å². The fourth-order valence-corrected chi connectivity index (χ4v) is 2.79. The first-order valence-electron chi connectivity index (χ1n) is 6.90. The number of fused-ring (bicyclic) bond motifs is 1. The van der Waals surface area contributed by atoms with Crippen molar-refractivity contribution in [3.8, 4) is 0 Å². The van der Waals surface area contributed by atoms with E-state index in [1.54, 1.807) is 0 Å². The van der Waals surface area contributed by atoms with Crippen LogP contribution in [-0.2, 0) is 22.4 Å². The van der Waals surface area contributed by atoms with E-state index in [0.29, 0.717) is 19.4 Å². The Morgan fingerprint density at radius 2 is 2.10 bits per heavy atom. The molecule has 1 fully saturated rings. The number of anilines is 1. The lowest BCUT2D eigenvalue weighted by molar-refractivity contribution is -0.118. The van der Waals surface area contributed by atoms with Crippen LogP contribution in [0.3, 0.4) is 0 Å². The van der Waals surface area contributed by atoms with Crippen LogP contribution in [0.4, 0.5) is 10.5 Å². The molecule has 1 amide bonds. The van der Waals surface area contributed by atoms with Crippen LogP contribution in [-0.4, -0.2) is 36.2 Å². The Morgan fingerprint density at radius 1 is 1.25 bits per heavy atom. The number of benzene rings is 1. The van der Waals surface area contributed by atoms with Crippen LogP contribution in [0.15, 0.2) is 18.2 Å². The lowest BCUT2D eigenvalue weighted by Crippen LogP contribution is -2.25. The fourth-order valence-electron chi connectivity index (χ4n) is 2.79. The molecular weight excluding hydrogens is 258 g/mol. The van der Waals surface area contributed by atoms with E-state index in [2.05, 4.69) is 0 Å². The summed E-state index contributed by atoms with van der Waals surface area (Å²) >= 11 is 0. The summed E-state index contributed by atoms with van der Waals surface area (Å²) in [5, 5.41) is 9.06. The third kappa shape index (κ3) is 2.41. The lowest BCUT2D eigenvalue weighted by atomic mass is 10.0. The molecule has 1 aliphatic carbocycles. The Bertz CT molecular complexity index is 555. The van der Waals surface area contributed by atoms with Crippen molar-refractivity contribution in [1.29, 1.82) is 0 Å². The Balaban J connectivity index is 1.88. The average molecular weight is 275 g/mol. The highest BCUT2D eigenvalue weighted by Gasteiger charge is 2.32.